The molecule has 1 aliphatic rings. The van der Waals surface area contributed by atoms with Crippen molar-refractivity contribution in [2.75, 3.05) is 24.6 Å². The number of hydrogen-bond donors (Lipinski definition) is 1. The fraction of sp³-hybridized carbons (Fsp3) is 0.364. The van der Waals surface area contributed by atoms with E-state index in [2.05, 4.69) is 4.90 Å². The quantitative estimate of drug-likeness (QED) is 0.553. The molecule has 3 aromatic rings. The van der Waals surface area contributed by atoms with E-state index in [4.69, 9.17) is 26.4 Å². The number of nitrogens with zero attached hydrogens (tertiary/aromatic N) is 2. The molecular weight excluding hydrogens is 408 g/mol. The zero-order valence-corrected chi connectivity index (χ0v) is 17.6. The van der Waals surface area contributed by atoms with Gasteiger partial charge in [-0.1, -0.05) is 35.1 Å². The van der Waals surface area contributed by atoms with Crippen molar-refractivity contribution in [2.24, 2.45) is 5.92 Å². The molecular formula is C22H23ClN2O3S. The van der Waals surface area contributed by atoms with Crippen molar-refractivity contribution in [3.8, 4) is 5.75 Å². The Hall–Kier alpha value is -2.31. The summed E-state index contributed by atoms with van der Waals surface area (Å²) in [5.74, 6) is 0.553. The van der Waals surface area contributed by atoms with Gasteiger partial charge in [-0.2, -0.15) is 0 Å². The normalized spacial score (nSPS) is 15.0. The van der Waals surface area contributed by atoms with Crippen LogP contribution in [0.3, 0.4) is 0 Å². The highest BCUT2D eigenvalue weighted by molar-refractivity contribution is 7.22. The van der Waals surface area contributed by atoms with Crippen molar-refractivity contribution >= 4 is 44.3 Å². The van der Waals surface area contributed by atoms with Gasteiger partial charge in [-0.25, -0.2) is 4.98 Å². The molecule has 0 saturated carbocycles. The third kappa shape index (κ3) is 5.19. The zero-order chi connectivity index (χ0) is 20.2. The molecule has 1 saturated heterocycles. The van der Waals surface area contributed by atoms with Gasteiger partial charge in [-0.15, -0.1) is 0 Å². The van der Waals surface area contributed by atoms with Crippen molar-refractivity contribution in [3.63, 3.8) is 0 Å². The fourth-order valence-corrected chi connectivity index (χ4v) is 4.99. The molecule has 5 nitrogen and oxygen atoms in total. The number of rotatable bonds is 7. The second kappa shape index (κ2) is 9.01. The standard InChI is InChI=1S/C22H23ClN2O3S/c23-17-4-5-19-20(14-17)29-22(24-19)25-9-6-15(7-10-25)8-11-28-18-3-1-2-16(12-18)13-21(26)27/h1-5,12,14-15H,6-11,13H2,(H,26,27). The minimum Gasteiger partial charge on any atom is -0.494 e. The fourth-order valence-electron chi connectivity index (χ4n) is 3.70. The summed E-state index contributed by atoms with van der Waals surface area (Å²) in [4.78, 5) is 18.0. The monoisotopic (exact) mass is 430 g/mol. The molecule has 4 rings (SSSR count). The number of ether oxygens (including phenoxy) is 1. The number of carbonyl (C=O) groups is 1. The molecule has 0 atom stereocenters. The number of aromatic nitrogens is 1. The topological polar surface area (TPSA) is 62.7 Å². The summed E-state index contributed by atoms with van der Waals surface area (Å²) in [7, 11) is 0. The number of thiazole rings is 1. The Morgan fingerprint density at radius 3 is 2.86 bits per heavy atom. The molecule has 0 radical (unpaired) electrons. The number of halogens is 1. The lowest BCUT2D eigenvalue weighted by molar-refractivity contribution is -0.136. The SMILES string of the molecule is O=C(O)Cc1cccc(OCCC2CCN(c3nc4ccc(Cl)cc4s3)CC2)c1. The van der Waals surface area contributed by atoms with Crippen molar-refractivity contribution in [1.82, 2.24) is 4.98 Å². The predicted octanol–water partition coefficient (Wildman–Crippen LogP) is 5.26. The molecule has 2 heterocycles. The summed E-state index contributed by atoms with van der Waals surface area (Å²) in [6.07, 6.45) is 3.28. The van der Waals surface area contributed by atoms with E-state index < -0.39 is 5.97 Å². The number of carboxylic acid groups (broad SMARTS) is 1. The average Bonchev–Trinajstić information content (AvgIpc) is 3.11. The number of carboxylic acids is 1. The molecule has 152 valence electrons. The van der Waals surface area contributed by atoms with Gasteiger partial charge < -0.3 is 14.7 Å². The van der Waals surface area contributed by atoms with Gasteiger partial charge in [0.05, 0.1) is 23.2 Å². The zero-order valence-electron chi connectivity index (χ0n) is 16.0. The molecule has 7 heteroatoms. The summed E-state index contributed by atoms with van der Waals surface area (Å²) in [5.41, 5.74) is 1.77. The van der Waals surface area contributed by atoms with Crippen LogP contribution < -0.4 is 9.64 Å². The van der Waals surface area contributed by atoms with Gasteiger partial charge in [0.2, 0.25) is 0 Å². The third-order valence-electron chi connectivity index (χ3n) is 5.27. The Morgan fingerprint density at radius 1 is 1.24 bits per heavy atom. The molecule has 29 heavy (non-hydrogen) atoms. The Morgan fingerprint density at radius 2 is 2.07 bits per heavy atom. The number of aliphatic carboxylic acids is 1. The summed E-state index contributed by atoms with van der Waals surface area (Å²) < 4.78 is 7.00. The van der Waals surface area contributed by atoms with E-state index in [1.807, 2.05) is 42.5 Å². The number of benzene rings is 2. The third-order valence-corrected chi connectivity index (χ3v) is 6.59. The van der Waals surface area contributed by atoms with Gasteiger partial charge in [0.1, 0.15) is 5.75 Å². The number of anilines is 1. The van der Waals surface area contributed by atoms with Crippen LogP contribution in [0.1, 0.15) is 24.8 Å². The van der Waals surface area contributed by atoms with Gasteiger partial charge >= 0.3 is 5.97 Å². The smallest absolute Gasteiger partial charge is 0.307 e. The first kappa shape index (κ1) is 20.0. The number of fused-ring (bicyclic) bond motifs is 1. The summed E-state index contributed by atoms with van der Waals surface area (Å²) >= 11 is 7.79. The minimum atomic E-state index is -0.829. The van der Waals surface area contributed by atoms with Gasteiger partial charge in [-0.05, 0) is 61.1 Å². The highest BCUT2D eigenvalue weighted by atomic mass is 35.5. The molecule has 1 aliphatic heterocycles. The first-order valence-corrected chi connectivity index (χ1v) is 11.0. The maximum absolute atomic E-state index is 10.8. The van der Waals surface area contributed by atoms with Gasteiger partial charge in [0, 0.05) is 18.1 Å². The summed E-state index contributed by atoms with van der Waals surface area (Å²) in [6.45, 7) is 2.67. The lowest BCUT2D eigenvalue weighted by Gasteiger charge is -2.31. The average molecular weight is 431 g/mol. The number of hydrogen-bond acceptors (Lipinski definition) is 5. The molecule has 0 spiro atoms. The van der Waals surface area contributed by atoms with Crippen LogP contribution in [0, 0.1) is 5.92 Å². The maximum atomic E-state index is 10.8. The molecule has 2 aromatic carbocycles. The van der Waals surface area contributed by atoms with E-state index >= 15 is 0 Å². The Balaban J connectivity index is 1.25. The van der Waals surface area contributed by atoms with Crippen LogP contribution in [0.25, 0.3) is 10.2 Å². The van der Waals surface area contributed by atoms with E-state index in [-0.39, 0.29) is 6.42 Å². The lowest BCUT2D eigenvalue weighted by Crippen LogP contribution is -2.34. The predicted molar refractivity (Wildman–Crippen MR) is 117 cm³/mol. The summed E-state index contributed by atoms with van der Waals surface area (Å²) in [5, 5.41) is 10.7. The van der Waals surface area contributed by atoms with E-state index in [0.29, 0.717) is 12.5 Å². The van der Waals surface area contributed by atoms with Crippen LogP contribution in [-0.4, -0.2) is 35.8 Å². The highest BCUT2D eigenvalue weighted by Crippen LogP contribution is 2.33. The largest absolute Gasteiger partial charge is 0.494 e. The second-order valence-electron chi connectivity index (χ2n) is 7.39. The molecule has 0 bridgehead atoms. The Kier molecular flexibility index (Phi) is 6.21. The first-order valence-electron chi connectivity index (χ1n) is 9.81. The van der Waals surface area contributed by atoms with Crippen molar-refractivity contribution < 1.29 is 14.6 Å². The van der Waals surface area contributed by atoms with Gasteiger partial charge in [-0.3, -0.25) is 4.79 Å². The first-order chi connectivity index (χ1) is 14.1. The van der Waals surface area contributed by atoms with Crippen LogP contribution in [-0.2, 0) is 11.2 Å². The van der Waals surface area contributed by atoms with Gasteiger partial charge in [0.25, 0.3) is 0 Å². The van der Waals surface area contributed by atoms with E-state index in [9.17, 15) is 4.79 Å². The van der Waals surface area contributed by atoms with Crippen molar-refractivity contribution in [1.29, 1.82) is 0 Å². The van der Waals surface area contributed by atoms with Crippen LogP contribution in [0.4, 0.5) is 5.13 Å². The van der Waals surface area contributed by atoms with Crippen molar-refractivity contribution in [3.05, 3.63) is 53.1 Å². The second-order valence-corrected chi connectivity index (χ2v) is 8.84. The molecule has 0 unspecified atom stereocenters. The molecule has 1 aromatic heterocycles. The summed E-state index contributed by atoms with van der Waals surface area (Å²) in [6, 6.07) is 13.2. The van der Waals surface area contributed by atoms with E-state index in [0.717, 1.165) is 64.0 Å². The highest BCUT2D eigenvalue weighted by Gasteiger charge is 2.21. The van der Waals surface area contributed by atoms with Crippen molar-refractivity contribution in [2.45, 2.75) is 25.7 Å². The van der Waals surface area contributed by atoms with Crippen LogP contribution in [0.2, 0.25) is 5.02 Å². The Labute approximate surface area is 178 Å². The van der Waals surface area contributed by atoms with Gasteiger partial charge in [0.15, 0.2) is 5.13 Å². The minimum absolute atomic E-state index is 0.0215. The van der Waals surface area contributed by atoms with Crippen LogP contribution in [0.15, 0.2) is 42.5 Å². The molecule has 0 aliphatic carbocycles. The van der Waals surface area contributed by atoms with E-state index in [1.165, 1.54) is 0 Å². The number of piperidine rings is 1. The van der Waals surface area contributed by atoms with Crippen LogP contribution >= 0.6 is 22.9 Å². The molecule has 1 fully saturated rings. The van der Waals surface area contributed by atoms with E-state index in [1.54, 1.807) is 11.3 Å². The van der Waals surface area contributed by atoms with Crippen LogP contribution in [0.5, 0.6) is 5.75 Å². The molecule has 1 N–H and O–H groups in total. The maximum Gasteiger partial charge on any atom is 0.307 e. The Bertz CT molecular complexity index is 999. The lowest BCUT2D eigenvalue weighted by atomic mass is 9.94. The molecule has 0 amide bonds.